The van der Waals surface area contributed by atoms with E-state index in [1.807, 2.05) is 13.8 Å². The number of nitrogens with one attached hydrogen (secondary N) is 1. The van der Waals surface area contributed by atoms with Gasteiger partial charge >= 0.3 is 5.97 Å². The fraction of sp³-hybridized carbons (Fsp3) is 0.412. The average molecular weight is 331 g/mol. The molecule has 2 atom stereocenters. The van der Waals surface area contributed by atoms with Gasteiger partial charge in [-0.05, 0) is 31.4 Å². The number of amides is 1. The number of aromatic nitrogens is 2. The van der Waals surface area contributed by atoms with Crippen molar-refractivity contribution >= 4 is 22.8 Å². The topological polar surface area (TPSA) is 101 Å². The van der Waals surface area contributed by atoms with Crippen LogP contribution in [0.1, 0.15) is 33.2 Å². The summed E-state index contributed by atoms with van der Waals surface area (Å²) >= 11 is 0. The van der Waals surface area contributed by atoms with E-state index in [0.717, 1.165) is 0 Å². The molecule has 1 amide bonds. The third-order valence-electron chi connectivity index (χ3n) is 3.75. The summed E-state index contributed by atoms with van der Waals surface area (Å²) in [5.74, 6) is -1.49. The van der Waals surface area contributed by atoms with Crippen LogP contribution in [0.2, 0.25) is 0 Å². The van der Waals surface area contributed by atoms with Crippen LogP contribution in [-0.2, 0) is 9.59 Å². The van der Waals surface area contributed by atoms with Crippen molar-refractivity contribution in [1.82, 2.24) is 14.9 Å². The Balaban J connectivity index is 2.44. The molecule has 0 radical (unpaired) electrons. The van der Waals surface area contributed by atoms with Gasteiger partial charge in [0, 0.05) is 0 Å². The first kappa shape index (κ1) is 17.7. The lowest BCUT2D eigenvalue weighted by molar-refractivity contribution is -0.141. The van der Waals surface area contributed by atoms with Gasteiger partial charge in [0.2, 0.25) is 5.91 Å². The molecule has 128 valence electrons. The standard InChI is InChI=1S/C17H21N3O4/c1-10(2)8-14(15(21)19-11(3)17(23)24)20-9-18-13-7-5-4-6-12(13)16(20)22/h4-7,9-11,14H,8H2,1-3H3,(H,19,21)(H,23,24)/t11-,14+/m0/s1. The summed E-state index contributed by atoms with van der Waals surface area (Å²) in [5, 5.41) is 11.8. The van der Waals surface area contributed by atoms with Crippen LogP contribution >= 0.6 is 0 Å². The maximum atomic E-state index is 12.7. The van der Waals surface area contributed by atoms with Gasteiger partial charge in [-0.3, -0.25) is 19.0 Å². The van der Waals surface area contributed by atoms with E-state index in [0.29, 0.717) is 17.3 Å². The van der Waals surface area contributed by atoms with Crippen LogP contribution in [0.3, 0.4) is 0 Å². The molecule has 0 bridgehead atoms. The van der Waals surface area contributed by atoms with Gasteiger partial charge in [0.05, 0.1) is 17.2 Å². The Hall–Kier alpha value is -2.70. The maximum absolute atomic E-state index is 12.7. The average Bonchev–Trinajstić information content (AvgIpc) is 2.53. The smallest absolute Gasteiger partial charge is 0.325 e. The van der Waals surface area contributed by atoms with Crippen molar-refractivity contribution in [1.29, 1.82) is 0 Å². The lowest BCUT2D eigenvalue weighted by Crippen LogP contribution is -2.44. The monoisotopic (exact) mass is 331 g/mol. The molecule has 7 nitrogen and oxygen atoms in total. The zero-order valence-corrected chi connectivity index (χ0v) is 13.9. The van der Waals surface area contributed by atoms with Gasteiger partial charge in [-0.25, -0.2) is 4.98 Å². The van der Waals surface area contributed by atoms with Crippen LogP contribution in [0.5, 0.6) is 0 Å². The summed E-state index contributed by atoms with van der Waals surface area (Å²) in [4.78, 5) is 40.4. The van der Waals surface area contributed by atoms with Crippen LogP contribution in [0.4, 0.5) is 0 Å². The van der Waals surface area contributed by atoms with Gasteiger partial charge < -0.3 is 10.4 Å². The Morgan fingerprint density at radius 2 is 1.92 bits per heavy atom. The molecule has 0 unspecified atom stereocenters. The summed E-state index contributed by atoms with van der Waals surface area (Å²) in [5.41, 5.74) is 0.241. The molecule has 2 N–H and O–H groups in total. The molecule has 2 rings (SSSR count). The quantitative estimate of drug-likeness (QED) is 0.837. The first-order chi connectivity index (χ1) is 11.3. The van der Waals surface area contributed by atoms with E-state index in [-0.39, 0.29) is 11.5 Å². The third kappa shape index (κ3) is 3.79. The number of para-hydroxylation sites is 1. The molecule has 1 heterocycles. The molecule has 0 aliphatic carbocycles. The highest BCUT2D eigenvalue weighted by Crippen LogP contribution is 2.17. The van der Waals surface area contributed by atoms with Gasteiger partial charge in [-0.15, -0.1) is 0 Å². The number of carbonyl (C=O) groups excluding carboxylic acids is 1. The number of benzene rings is 1. The van der Waals surface area contributed by atoms with Crippen LogP contribution < -0.4 is 10.9 Å². The molecule has 0 fully saturated rings. The van der Waals surface area contributed by atoms with E-state index in [4.69, 9.17) is 5.11 Å². The van der Waals surface area contributed by atoms with Crippen molar-refractivity contribution in [2.24, 2.45) is 5.92 Å². The number of aliphatic carboxylic acids is 1. The number of nitrogens with zero attached hydrogens (tertiary/aromatic N) is 2. The molecule has 0 aliphatic rings. The van der Waals surface area contributed by atoms with E-state index in [1.165, 1.54) is 17.8 Å². The fourth-order valence-corrected chi connectivity index (χ4v) is 2.47. The third-order valence-corrected chi connectivity index (χ3v) is 3.75. The maximum Gasteiger partial charge on any atom is 0.325 e. The number of carboxylic acid groups (broad SMARTS) is 1. The lowest BCUT2D eigenvalue weighted by atomic mass is 10.0. The normalized spacial score (nSPS) is 13.7. The van der Waals surface area contributed by atoms with E-state index < -0.39 is 24.0 Å². The van der Waals surface area contributed by atoms with Crippen LogP contribution in [-0.4, -0.2) is 32.6 Å². The highest BCUT2D eigenvalue weighted by molar-refractivity contribution is 5.86. The lowest BCUT2D eigenvalue weighted by Gasteiger charge is -2.22. The molecule has 7 heteroatoms. The first-order valence-corrected chi connectivity index (χ1v) is 7.80. The second kappa shape index (κ2) is 7.25. The number of carboxylic acids is 1. The molecule has 0 aliphatic heterocycles. The fourth-order valence-electron chi connectivity index (χ4n) is 2.47. The zero-order valence-electron chi connectivity index (χ0n) is 13.9. The molecule has 0 spiro atoms. The summed E-state index contributed by atoms with van der Waals surface area (Å²) < 4.78 is 1.28. The second-order valence-corrected chi connectivity index (χ2v) is 6.19. The molecular formula is C17H21N3O4. The number of hydrogen-bond donors (Lipinski definition) is 2. The molecular weight excluding hydrogens is 310 g/mol. The van der Waals surface area contributed by atoms with Crippen molar-refractivity contribution in [2.45, 2.75) is 39.3 Å². The second-order valence-electron chi connectivity index (χ2n) is 6.19. The molecule has 1 aromatic carbocycles. The van der Waals surface area contributed by atoms with Crippen molar-refractivity contribution in [2.75, 3.05) is 0 Å². The van der Waals surface area contributed by atoms with Gasteiger partial charge in [0.15, 0.2) is 0 Å². The van der Waals surface area contributed by atoms with Crippen LogP contribution in [0.15, 0.2) is 35.4 Å². The minimum absolute atomic E-state index is 0.138. The van der Waals surface area contributed by atoms with E-state index in [1.54, 1.807) is 24.3 Å². The van der Waals surface area contributed by atoms with Crippen molar-refractivity contribution in [3.8, 4) is 0 Å². The number of hydrogen-bond acceptors (Lipinski definition) is 4. The Morgan fingerprint density at radius 1 is 1.25 bits per heavy atom. The minimum atomic E-state index is -1.13. The van der Waals surface area contributed by atoms with E-state index in [2.05, 4.69) is 10.3 Å². The Labute approximate surface area is 139 Å². The Kier molecular flexibility index (Phi) is 5.33. The highest BCUT2D eigenvalue weighted by atomic mass is 16.4. The number of carbonyl (C=O) groups is 2. The summed E-state index contributed by atoms with van der Waals surface area (Å²) in [6, 6.07) is 5.06. The van der Waals surface area contributed by atoms with Gasteiger partial charge in [-0.2, -0.15) is 0 Å². The predicted molar refractivity (Wildman–Crippen MR) is 89.7 cm³/mol. The Morgan fingerprint density at radius 3 is 2.54 bits per heavy atom. The van der Waals surface area contributed by atoms with E-state index in [9.17, 15) is 14.4 Å². The zero-order chi connectivity index (χ0) is 17.9. The predicted octanol–water partition coefficient (Wildman–Crippen LogP) is 1.57. The van der Waals surface area contributed by atoms with Crippen molar-refractivity contribution in [3.05, 3.63) is 40.9 Å². The Bertz CT molecular complexity index is 813. The number of fused-ring (bicyclic) bond motifs is 1. The van der Waals surface area contributed by atoms with Gasteiger partial charge in [0.25, 0.3) is 5.56 Å². The first-order valence-electron chi connectivity index (χ1n) is 7.80. The van der Waals surface area contributed by atoms with Crippen LogP contribution in [0.25, 0.3) is 10.9 Å². The van der Waals surface area contributed by atoms with Gasteiger partial charge in [-0.1, -0.05) is 26.0 Å². The van der Waals surface area contributed by atoms with Crippen molar-refractivity contribution < 1.29 is 14.7 Å². The molecule has 0 saturated carbocycles. The SMILES string of the molecule is CC(C)C[C@H](C(=O)N[C@@H](C)C(=O)O)n1cnc2ccccc2c1=O. The van der Waals surface area contributed by atoms with Crippen molar-refractivity contribution in [3.63, 3.8) is 0 Å². The van der Waals surface area contributed by atoms with Crippen LogP contribution in [0, 0.1) is 5.92 Å². The molecule has 24 heavy (non-hydrogen) atoms. The molecule has 1 aromatic heterocycles. The molecule has 2 aromatic rings. The summed E-state index contributed by atoms with van der Waals surface area (Å²) in [6.07, 6.45) is 1.75. The minimum Gasteiger partial charge on any atom is -0.480 e. The summed E-state index contributed by atoms with van der Waals surface area (Å²) in [7, 11) is 0. The highest BCUT2D eigenvalue weighted by Gasteiger charge is 2.26. The number of rotatable bonds is 6. The largest absolute Gasteiger partial charge is 0.480 e. The van der Waals surface area contributed by atoms with Gasteiger partial charge in [0.1, 0.15) is 12.1 Å². The summed E-state index contributed by atoms with van der Waals surface area (Å²) in [6.45, 7) is 5.24. The van der Waals surface area contributed by atoms with E-state index >= 15 is 0 Å². The molecule has 0 saturated heterocycles.